The zero-order chi connectivity index (χ0) is 32.5. The van der Waals surface area contributed by atoms with E-state index < -0.39 is 36.9 Å². The fourth-order valence-corrected chi connectivity index (χ4v) is 5.33. The molecule has 1 amide bonds. The molecule has 0 aromatic heterocycles. The Hall–Kier alpha value is -1.47. The van der Waals surface area contributed by atoms with Crippen molar-refractivity contribution in [2.24, 2.45) is 0 Å². The summed E-state index contributed by atoms with van der Waals surface area (Å²) in [5.74, 6) is -0.602. The van der Waals surface area contributed by atoms with Gasteiger partial charge in [-0.25, -0.2) is 0 Å². The molecule has 4 unspecified atom stereocenters. The molecule has 258 valence electrons. The molecule has 6 nitrogen and oxygen atoms in total. The number of carbonyl (C=O) groups excluding carboxylic acids is 1. The van der Waals surface area contributed by atoms with Gasteiger partial charge < -0.3 is 25.7 Å². The molecule has 6 heteroatoms. The monoisotopic (exact) mass is 622 g/mol. The summed E-state index contributed by atoms with van der Waals surface area (Å²) in [6, 6.07) is -1.00. The van der Waals surface area contributed by atoms with Crippen molar-refractivity contribution in [2.45, 2.75) is 192 Å². The van der Waals surface area contributed by atoms with Gasteiger partial charge in [0, 0.05) is 0 Å². The number of aliphatic hydroxyl groups is 4. The fraction of sp³-hybridized carbons (Fsp3) is 0.816. The standard InChI is InChI=1S/C38H71NO5/c1-3-5-7-9-11-13-15-16-17-18-19-20-21-22-24-26-28-30-32-36(42)38(44)39-34(33-40)37(43)35(41)31-29-27-25-23-14-12-10-8-6-4-2/h11,13,15-16,23,25,34-37,40-43H,3-10,12,14,17-22,24,26-33H2,1-2H3,(H,39,44)/b13-11-,16-15-,25-23+. The maximum atomic E-state index is 12.4. The van der Waals surface area contributed by atoms with Crippen LogP contribution in [0.4, 0.5) is 0 Å². The van der Waals surface area contributed by atoms with Crippen LogP contribution in [0.25, 0.3) is 0 Å². The number of allylic oxidation sites excluding steroid dienone is 6. The van der Waals surface area contributed by atoms with E-state index >= 15 is 0 Å². The third-order valence-electron chi connectivity index (χ3n) is 8.35. The lowest BCUT2D eigenvalue weighted by atomic mass is 10.00. The van der Waals surface area contributed by atoms with Crippen LogP contribution in [-0.4, -0.2) is 57.3 Å². The van der Waals surface area contributed by atoms with Gasteiger partial charge >= 0.3 is 0 Å². The summed E-state index contributed by atoms with van der Waals surface area (Å²) in [5.41, 5.74) is 0. The number of unbranched alkanes of at least 4 members (excludes halogenated alkanes) is 18. The van der Waals surface area contributed by atoms with Gasteiger partial charge in [0.15, 0.2) is 0 Å². The van der Waals surface area contributed by atoms with E-state index in [1.165, 1.54) is 96.3 Å². The van der Waals surface area contributed by atoms with Gasteiger partial charge in [-0.05, 0) is 64.2 Å². The molecule has 5 N–H and O–H groups in total. The summed E-state index contributed by atoms with van der Waals surface area (Å²) in [6.45, 7) is 3.95. The van der Waals surface area contributed by atoms with E-state index in [9.17, 15) is 25.2 Å². The molecule has 0 heterocycles. The van der Waals surface area contributed by atoms with Crippen LogP contribution < -0.4 is 5.32 Å². The Morgan fingerprint density at radius 3 is 1.55 bits per heavy atom. The zero-order valence-electron chi connectivity index (χ0n) is 28.6. The van der Waals surface area contributed by atoms with E-state index in [2.05, 4.69) is 55.6 Å². The molecule has 0 aliphatic rings. The first kappa shape index (κ1) is 42.5. The van der Waals surface area contributed by atoms with Crippen LogP contribution in [0.5, 0.6) is 0 Å². The molecular weight excluding hydrogens is 550 g/mol. The number of hydrogen-bond acceptors (Lipinski definition) is 5. The van der Waals surface area contributed by atoms with Gasteiger partial charge in [0.1, 0.15) is 12.2 Å². The van der Waals surface area contributed by atoms with Gasteiger partial charge in [0.05, 0.1) is 18.8 Å². The first-order valence-electron chi connectivity index (χ1n) is 18.4. The lowest BCUT2D eigenvalue weighted by molar-refractivity contribution is -0.132. The van der Waals surface area contributed by atoms with Crippen LogP contribution in [0.1, 0.15) is 168 Å². The second kappa shape index (κ2) is 32.9. The molecule has 0 saturated heterocycles. The van der Waals surface area contributed by atoms with E-state index in [0.29, 0.717) is 19.3 Å². The highest BCUT2D eigenvalue weighted by Crippen LogP contribution is 2.14. The predicted octanol–water partition coefficient (Wildman–Crippen LogP) is 8.62. The van der Waals surface area contributed by atoms with Crippen molar-refractivity contribution in [3.8, 4) is 0 Å². The maximum absolute atomic E-state index is 12.4. The molecule has 0 aliphatic carbocycles. The van der Waals surface area contributed by atoms with Crippen molar-refractivity contribution in [3.63, 3.8) is 0 Å². The Labute approximate surface area is 271 Å². The van der Waals surface area contributed by atoms with Crippen LogP contribution in [0.15, 0.2) is 36.5 Å². The molecular formula is C38H71NO5. The number of rotatable bonds is 32. The maximum Gasteiger partial charge on any atom is 0.249 e. The van der Waals surface area contributed by atoms with Crippen molar-refractivity contribution in [1.29, 1.82) is 0 Å². The Morgan fingerprint density at radius 1 is 0.568 bits per heavy atom. The summed E-state index contributed by atoms with van der Waals surface area (Å²) < 4.78 is 0. The predicted molar refractivity (Wildman–Crippen MR) is 187 cm³/mol. The number of aliphatic hydroxyl groups excluding tert-OH is 4. The molecule has 44 heavy (non-hydrogen) atoms. The van der Waals surface area contributed by atoms with Crippen LogP contribution in [0.3, 0.4) is 0 Å². The van der Waals surface area contributed by atoms with Gasteiger partial charge in [0.2, 0.25) is 5.91 Å². The van der Waals surface area contributed by atoms with Crippen molar-refractivity contribution in [3.05, 3.63) is 36.5 Å². The fourth-order valence-electron chi connectivity index (χ4n) is 5.33. The molecule has 0 radical (unpaired) electrons. The summed E-state index contributed by atoms with van der Waals surface area (Å²) >= 11 is 0. The lowest BCUT2D eigenvalue weighted by Gasteiger charge is -2.27. The molecule has 0 rings (SSSR count). The van der Waals surface area contributed by atoms with Crippen molar-refractivity contribution in [2.75, 3.05) is 6.61 Å². The number of carbonyl (C=O) groups is 1. The van der Waals surface area contributed by atoms with E-state index in [-0.39, 0.29) is 0 Å². The third kappa shape index (κ3) is 26.9. The van der Waals surface area contributed by atoms with Crippen molar-refractivity contribution < 1.29 is 25.2 Å². The molecule has 4 atom stereocenters. The van der Waals surface area contributed by atoms with E-state index in [1.54, 1.807) is 0 Å². The largest absolute Gasteiger partial charge is 0.394 e. The summed E-state index contributed by atoms with van der Waals surface area (Å²) in [4.78, 5) is 12.4. The number of nitrogens with one attached hydrogen (secondary N) is 1. The molecule has 0 bridgehead atoms. The average Bonchev–Trinajstić information content (AvgIpc) is 3.03. The molecule has 0 spiro atoms. The molecule has 0 aromatic rings. The Bertz CT molecular complexity index is 707. The quantitative estimate of drug-likeness (QED) is 0.0293. The van der Waals surface area contributed by atoms with Gasteiger partial charge in [-0.1, -0.05) is 140 Å². The van der Waals surface area contributed by atoms with Gasteiger partial charge in [0.25, 0.3) is 0 Å². The first-order valence-corrected chi connectivity index (χ1v) is 18.4. The number of amides is 1. The lowest BCUT2D eigenvalue weighted by Crippen LogP contribution is -2.53. The van der Waals surface area contributed by atoms with Gasteiger partial charge in [-0.2, -0.15) is 0 Å². The minimum absolute atomic E-state index is 0.356. The highest BCUT2D eigenvalue weighted by atomic mass is 16.3. The topological polar surface area (TPSA) is 110 Å². The second-order valence-electron chi connectivity index (χ2n) is 12.6. The van der Waals surface area contributed by atoms with Gasteiger partial charge in [-0.3, -0.25) is 4.79 Å². The second-order valence-corrected chi connectivity index (χ2v) is 12.6. The molecule has 0 saturated carbocycles. The van der Waals surface area contributed by atoms with Gasteiger partial charge in [-0.15, -0.1) is 0 Å². The van der Waals surface area contributed by atoms with Crippen LogP contribution in [0.2, 0.25) is 0 Å². The van der Waals surface area contributed by atoms with Crippen LogP contribution in [0, 0.1) is 0 Å². The zero-order valence-corrected chi connectivity index (χ0v) is 28.6. The molecule has 0 aromatic carbocycles. The van der Waals surface area contributed by atoms with E-state index in [1.807, 2.05) is 0 Å². The highest BCUT2D eigenvalue weighted by molar-refractivity contribution is 5.80. The SMILES string of the molecule is CCCCC/C=C\C=C/CCCCCCCCCCCC(O)C(=O)NC(CO)C(O)C(O)CCC/C=C/CCCCCCC. The molecule has 0 fully saturated rings. The Morgan fingerprint density at radius 2 is 1.00 bits per heavy atom. The van der Waals surface area contributed by atoms with E-state index in [4.69, 9.17) is 0 Å². The van der Waals surface area contributed by atoms with E-state index in [0.717, 1.165) is 38.5 Å². The third-order valence-corrected chi connectivity index (χ3v) is 8.35. The normalized spacial score (nSPS) is 15.0. The Balaban J connectivity index is 3.84. The highest BCUT2D eigenvalue weighted by Gasteiger charge is 2.28. The minimum atomic E-state index is -1.28. The summed E-state index contributed by atoms with van der Waals surface area (Å²) in [6.07, 6.45) is 35.9. The van der Waals surface area contributed by atoms with Crippen molar-refractivity contribution >= 4 is 5.91 Å². The number of hydrogen-bond donors (Lipinski definition) is 5. The van der Waals surface area contributed by atoms with Crippen LogP contribution >= 0.6 is 0 Å². The Kier molecular flexibility index (Phi) is 31.8. The summed E-state index contributed by atoms with van der Waals surface area (Å²) in [7, 11) is 0. The summed E-state index contributed by atoms with van der Waals surface area (Å²) in [5, 5.41) is 43.3. The smallest absolute Gasteiger partial charge is 0.249 e. The average molecular weight is 622 g/mol. The van der Waals surface area contributed by atoms with Crippen molar-refractivity contribution in [1.82, 2.24) is 5.32 Å². The minimum Gasteiger partial charge on any atom is -0.394 e. The van der Waals surface area contributed by atoms with Crippen LogP contribution in [-0.2, 0) is 4.79 Å². The molecule has 0 aliphatic heterocycles. The first-order chi connectivity index (χ1) is 21.5.